The molecule has 1 aromatic rings. The summed E-state index contributed by atoms with van der Waals surface area (Å²) < 4.78 is 0. The Bertz CT molecular complexity index is 377. The molecule has 0 aliphatic carbocycles. The van der Waals surface area contributed by atoms with Gasteiger partial charge in [0, 0.05) is 30.7 Å². The highest BCUT2D eigenvalue weighted by Crippen LogP contribution is 2.20. The van der Waals surface area contributed by atoms with Crippen molar-refractivity contribution in [1.82, 2.24) is 0 Å². The summed E-state index contributed by atoms with van der Waals surface area (Å²) in [5.74, 6) is 1.13. The van der Waals surface area contributed by atoms with Crippen LogP contribution < -0.4 is 10.2 Å². The zero-order valence-corrected chi connectivity index (χ0v) is 12.3. The number of hydrogen-bond donors (Lipinski definition) is 1. The fourth-order valence-electron chi connectivity index (χ4n) is 1.78. The molecule has 0 heterocycles. The van der Waals surface area contributed by atoms with E-state index >= 15 is 0 Å². The Hall–Kier alpha value is -1.44. The van der Waals surface area contributed by atoms with Crippen molar-refractivity contribution in [2.75, 3.05) is 23.8 Å². The lowest BCUT2D eigenvalue weighted by Crippen LogP contribution is -2.22. The van der Waals surface area contributed by atoms with Crippen molar-refractivity contribution in [2.24, 2.45) is 11.8 Å². The van der Waals surface area contributed by atoms with E-state index in [1.807, 2.05) is 0 Å². The first-order chi connectivity index (χ1) is 8.40. The molecule has 2 nitrogen and oxygen atoms in total. The number of rotatable bonds is 6. The van der Waals surface area contributed by atoms with Crippen molar-refractivity contribution < 1.29 is 0 Å². The first-order valence-electron chi connectivity index (χ1n) is 6.67. The Balaban J connectivity index is 2.65. The van der Waals surface area contributed by atoms with Crippen molar-refractivity contribution >= 4 is 11.4 Å². The van der Waals surface area contributed by atoms with Gasteiger partial charge >= 0.3 is 0 Å². The van der Waals surface area contributed by atoms with Crippen LogP contribution in [0.2, 0.25) is 0 Å². The SMILES string of the molecule is C=C(Nc1ccc(N(C)CC(C)C)cc1)C(C)C. The van der Waals surface area contributed by atoms with Crippen LogP contribution in [-0.4, -0.2) is 13.6 Å². The Morgan fingerprint density at radius 1 is 1.17 bits per heavy atom. The van der Waals surface area contributed by atoms with E-state index < -0.39 is 0 Å². The molecule has 1 rings (SSSR count). The second-order valence-corrected chi connectivity index (χ2v) is 5.63. The fourth-order valence-corrected chi connectivity index (χ4v) is 1.78. The molecular formula is C16H26N2. The van der Waals surface area contributed by atoms with Gasteiger partial charge in [0.25, 0.3) is 0 Å². The van der Waals surface area contributed by atoms with Gasteiger partial charge < -0.3 is 10.2 Å². The van der Waals surface area contributed by atoms with Crippen LogP contribution in [0, 0.1) is 11.8 Å². The van der Waals surface area contributed by atoms with Crippen LogP contribution in [0.5, 0.6) is 0 Å². The number of benzene rings is 1. The maximum absolute atomic E-state index is 4.02. The summed E-state index contributed by atoms with van der Waals surface area (Å²) in [5.41, 5.74) is 3.41. The molecule has 0 fully saturated rings. The lowest BCUT2D eigenvalue weighted by Gasteiger charge is -2.22. The molecule has 0 atom stereocenters. The van der Waals surface area contributed by atoms with Crippen LogP contribution in [0.15, 0.2) is 36.5 Å². The molecule has 0 aromatic heterocycles. The monoisotopic (exact) mass is 246 g/mol. The number of hydrogen-bond acceptors (Lipinski definition) is 2. The van der Waals surface area contributed by atoms with E-state index in [4.69, 9.17) is 0 Å². The summed E-state index contributed by atoms with van der Waals surface area (Å²) in [6, 6.07) is 8.52. The minimum Gasteiger partial charge on any atom is -0.374 e. The topological polar surface area (TPSA) is 15.3 Å². The van der Waals surface area contributed by atoms with Crippen LogP contribution >= 0.6 is 0 Å². The van der Waals surface area contributed by atoms with Crippen LogP contribution in [0.3, 0.4) is 0 Å². The van der Waals surface area contributed by atoms with Gasteiger partial charge in [-0.1, -0.05) is 34.3 Å². The second kappa shape index (κ2) is 6.48. The van der Waals surface area contributed by atoms with E-state index in [9.17, 15) is 0 Å². The lowest BCUT2D eigenvalue weighted by atomic mass is 10.1. The van der Waals surface area contributed by atoms with Crippen molar-refractivity contribution in [3.63, 3.8) is 0 Å². The molecule has 0 amide bonds. The van der Waals surface area contributed by atoms with Gasteiger partial charge in [-0.25, -0.2) is 0 Å². The van der Waals surface area contributed by atoms with Gasteiger partial charge in [0.1, 0.15) is 0 Å². The molecule has 2 heteroatoms. The number of allylic oxidation sites excluding steroid dienone is 1. The van der Waals surface area contributed by atoms with E-state index in [0.717, 1.165) is 17.9 Å². The Kier molecular flexibility index (Phi) is 5.26. The van der Waals surface area contributed by atoms with E-state index in [-0.39, 0.29) is 0 Å². The van der Waals surface area contributed by atoms with Gasteiger partial charge in [-0.2, -0.15) is 0 Å². The molecule has 0 radical (unpaired) electrons. The molecule has 18 heavy (non-hydrogen) atoms. The first-order valence-corrected chi connectivity index (χ1v) is 6.67. The zero-order chi connectivity index (χ0) is 13.7. The predicted molar refractivity (Wildman–Crippen MR) is 82.2 cm³/mol. The number of nitrogens with one attached hydrogen (secondary N) is 1. The maximum Gasteiger partial charge on any atom is 0.0383 e. The van der Waals surface area contributed by atoms with Crippen molar-refractivity contribution in [1.29, 1.82) is 0 Å². The Morgan fingerprint density at radius 2 is 1.72 bits per heavy atom. The van der Waals surface area contributed by atoms with Gasteiger partial charge in [-0.3, -0.25) is 0 Å². The summed E-state index contributed by atoms with van der Waals surface area (Å²) in [6.45, 7) is 13.8. The standard InChI is InChI=1S/C16H26N2/c1-12(2)11-18(6)16-9-7-15(8-10-16)17-14(5)13(3)4/h7-10,12-13,17H,5,11H2,1-4,6H3. The normalized spacial score (nSPS) is 10.8. The van der Waals surface area contributed by atoms with E-state index in [1.165, 1.54) is 5.69 Å². The highest BCUT2D eigenvalue weighted by molar-refractivity contribution is 5.56. The van der Waals surface area contributed by atoms with Crippen LogP contribution in [0.4, 0.5) is 11.4 Å². The van der Waals surface area contributed by atoms with Crippen molar-refractivity contribution in [3.8, 4) is 0 Å². The third-order valence-electron chi connectivity index (χ3n) is 2.95. The molecule has 1 aromatic carbocycles. The summed E-state index contributed by atoms with van der Waals surface area (Å²) >= 11 is 0. The number of anilines is 2. The number of nitrogens with zero attached hydrogens (tertiary/aromatic N) is 1. The van der Waals surface area contributed by atoms with Crippen LogP contribution in [-0.2, 0) is 0 Å². The minimum atomic E-state index is 0.452. The molecule has 0 aliphatic heterocycles. The third-order valence-corrected chi connectivity index (χ3v) is 2.95. The Morgan fingerprint density at radius 3 is 2.17 bits per heavy atom. The predicted octanol–water partition coefficient (Wildman–Crippen LogP) is 4.36. The van der Waals surface area contributed by atoms with Crippen LogP contribution in [0.1, 0.15) is 27.7 Å². The highest BCUT2D eigenvalue weighted by Gasteiger charge is 2.04. The second-order valence-electron chi connectivity index (χ2n) is 5.63. The summed E-state index contributed by atoms with van der Waals surface area (Å²) in [7, 11) is 2.13. The average Bonchev–Trinajstić information content (AvgIpc) is 2.28. The molecule has 0 unspecified atom stereocenters. The largest absolute Gasteiger partial charge is 0.374 e. The summed E-state index contributed by atoms with van der Waals surface area (Å²) in [5, 5.41) is 3.34. The summed E-state index contributed by atoms with van der Waals surface area (Å²) in [4.78, 5) is 2.28. The third kappa shape index (κ3) is 4.44. The van der Waals surface area contributed by atoms with Gasteiger partial charge in [-0.15, -0.1) is 0 Å². The lowest BCUT2D eigenvalue weighted by molar-refractivity contribution is 0.638. The zero-order valence-electron chi connectivity index (χ0n) is 12.3. The smallest absolute Gasteiger partial charge is 0.0383 e. The Labute approximate surface area is 112 Å². The van der Waals surface area contributed by atoms with Gasteiger partial charge in [0.05, 0.1) is 0 Å². The maximum atomic E-state index is 4.02. The molecule has 0 saturated heterocycles. The summed E-state index contributed by atoms with van der Waals surface area (Å²) in [6.07, 6.45) is 0. The van der Waals surface area contributed by atoms with Crippen molar-refractivity contribution in [3.05, 3.63) is 36.5 Å². The highest BCUT2D eigenvalue weighted by atomic mass is 15.1. The first kappa shape index (κ1) is 14.6. The molecule has 0 aliphatic rings. The molecule has 100 valence electrons. The van der Waals surface area contributed by atoms with Gasteiger partial charge in [-0.05, 0) is 36.1 Å². The molecule has 0 spiro atoms. The van der Waals surface area contributed by atoms with Crippen LogP contribution in [0.25, 0.3) is 0 Å². The van der Waals surface area contributed by atoms with Crippen molar-refractivity contribution in [2.45, 2.75) is 27.7 Å². The quantitative estimate of drug-likeness (QED) is 0.802. The van der Waals surface area contributed by atoms with Gasteiger partial charge in [0.15, 0.2) is 0 Å². The molecule has 0 saturated carbocycles. The van der Waals surface area contributed by atoms with E-state index in [2.05, 4.69) is 75.8 Å². The molecule has 0 bridgehead atoms. The minimum absolute atomic E-state index is 0.452. The van der Waals surface area contributed by atoms with E-state index in [0.29, 0.717) is 11.8 Å². The van der Waals surface area contributed by atoms with Gasteiger partial charge in [0.2, 0.25) is 0 Å². The molecular weight excluding hydrogens is 220 g/mol. The average molecular weight is 246 g/mol. The fraction of sp³-hybridized carbons (Fsp3) is 0.500. The molecule has 1 N–H and O–H groups in total. The van der Waals surface area contributed by atoms with E-state index in [1.54, 1.807) is 0 Å².